The Morgan fingerprint density at radius 2 is 1.93 bits per heavy atom. The monoisotopic (exact) mass is 556 g/mol. The van der Waals surface area contributed by atoms with Crippen molar-refractivity contribution in [2.45, 2.75) is 38.5 Å². The van der Waals surface area contributed by atoms with Crippen LogP contribution in [0.3, 0.4) is 0 Å². The molecule has 0 fully saturated rings. The highest BCUT2D eigenvalue weighted by Crippen LogP contribution is 2.35. The minimum Gasteiger partial charge on any atom is -0.478 e. The molecule has 3 aromatic heterocycles. The molecule has 0 unspecified atom stereocenters. The van der Waals surface area contributed by atoms with Crippen LogP contribution in [0.5, 0.6) is 0 Å². The summed E-state index contributed by atoms with van der Waals surface area (Å²) in [7, 11) is 0. The number of hydrogen-bond donors (Lipinski definition) is 3. The number of carbonyl (C=O) groups excluding carboxylic acids is 2. The number of fused-ring (bicyclic) bond motifs is 2. The summed E-state index contributed by atoms with van der Waals surface area (Å²) in [5.74, 6) is -3.49. The Morgan fingerprint density at radius 3 is 2.65 bits per heavy atom. The molecule has 3 N–H and O–H groups in total. The first kappa shape index (κ1) is 26.7. The van der Waals surface area contributed by atoms with Crippen molar-refractivity contribution in [3.05, 3.63) is 93.4 Å². The van der Waals surface area contributed by atoms with Crippen molar-refractivity contribution in [3.63, 3.8) is 0 Å². The fourth-order valence-electron chi connectivity index (χ4n) is 4.72. The van der Waals surface area contributed by atoms with E-state index in [4.69, 9.17) is 0 Å². The van der Waals surface area contributed by atoms with E-state index in [0.717, 1.165) is 40.2 Å². The summed E-state index contributed by atoms with van der Waals surface area (Å²) in [5.41, 5.74) is 0.401. The van der Waals surface area contributed by atoms with Crippen molar-refractivity contribution in [3.8, 4) is 0 Å². The lowest BCUT2D eigenvalue weighted by atomic mass is 9.98. The average Bonchev–Trinajstić information content (AvgIpc) is 3.50. The van der Waals surface area contributed by atoms with Crippen molar-refractivity contribution in [2.75, 3.05) is 0 Å². The molecular weight excluding hydrogens is 536 g/mol. The number of aromatic nitrogens is 4. The molecule has 0 bridgehead atoms. The standard InChI is InChI=1S/C26H20F4N6O4/c1-12-14-4-5-18(16(14)3-2-15(12)25(39)40)35-24(38)20-9-19(34-22-17(27)11-33-36(20)22)23(37)32-10-13-6-7-31-21(8-13)26(28,29)30/h2-3,6-9,11,18H,4-5,10H2,1H3,(H,32,37)(H,35,38)(H,39,40)/t18-/m0/s1. The molecule has 2 amide bonds. The molecule has 5 rings (SSSR count). The van der Waals surface area contributed by atoms with Crippen LogP contribution in [0.4, 0.5) is 17.6 Å². The number of amides is 2. The molecule has 1 atom stereocenters. The molecule has 1 aromatic carbocycles. The summed E-state index contributed by atoms with van der Waals surface area (Å²) in [6, 6.07) is 5.82. The summed E-state index contributed by atoms with van der Waals surface area (Å²) < 4.78 is 54.2. The van der Waals surface area contributed by atoms with Gasteiger partial charge >= 0.3 is 12.1 Å². The zero-order valence-electron chi connectivity index (χ0n) is 20.7. The molecule has 0 radical (unpaired) electrons. The van der Waals surface area contributed by atoms with Gasteiger partial charge in [0, 0.05) is 18.8 Å². The third-order valence-electron chi connectivity index (χ3n) is 6.69. The topological polar surface area (TPSA) is 139 Å². The maximum absolute atomic E-state index is 14.4. The van der Waals surface area contributed by atoms with Crippen LogP contribution < -0.4 is 10.6 Å². The second kappa shape index (κ2) is 10.0. The maximum atomic E-state index is 14.4. The van der Waals surface area contributed by atoms with E-state index in [1.54, 1.807) is 13.0 Å². The molecule has 3 heterocycles. The van der Waals surface area contributed by atoms with Gasteiger partial charge in [0.15, 0.2) is 11.5 Å². The first-order chi connectivity index (χ1) is 18.9. The highest BCUT2D eigenvalue weighted by molar-refractivity contribution is 5.98. The second-order valence-corrected chi connectivity index (χ2v) is 9.16. The molecular formula is C26H20F4N6O4. The van der Waals surface area contributed by atoms with E-state index in [0.29, 0.717) is 18.4 Å². The molecule has 14 heteroatoms. The zero-order chi connectivity index (χ0) is 28.8. The van der Waals surface area contributed by atoms with E-state index in [1.807, 2.05) is 0 Å². The largest absolute Gasteiger partial charge is 0.478 e. The number of halogens is 4. The van der Waals surface area contributed by atoms with Crippen molar-refractivity contribution < 1.29 is 37.1 Å². The van der Waals surface area contributed by atoms with E-state index in [1.165, 1.54) is 12.1 Å². The normalized spacial score (nSPS) is 14.7. The molecule has 4 aromatic rings. The van der Waals surface area contributed by atoms with Crippen LogP contribution in [-0.4, -0.2) is 42.5 Å². The number of hydrogen-bond acceptors (Lipinski definition) is 6. The van der Waals surface area contributed by atoms with Gasteiger partial charge in [-0.1, -0.05) is 6.07 Å². The molecule has 10 nitrogen and oxygen atoms in total. The number of aromatic carboxylic acids is 1. The lowest BCUT2D eigenvalue weighted by molar-refractivity contribution is -0.141. The summed E-state index contributed by atoms with van der Waals surface area (Å²) >= 11 is 0. The molecule has 40 heavy (non-hydrogen) atoms. The van der Waals surface area contributed by atoms with Gasteiger partial charge in [-0.15, -0.1) is 0 Å². The summed E-state index contributed by atoms with van der Waals surface area (Å²) in [6.07, 6.45) is -1.84. The van der Waals surface area contributed by atoms with Gasteiger partial charge in [0.05, 0.1) is 17.8 Å². The van der Waals surface area contributed by atoms with Gasteiger partial charge in [-0.05, 0) is 60.2 Å². The summed E-state index contributed by atoms with van der Waals surface area (Å²) in [5, 5.41) is 18.5. The number of nitrogens with one attached hydrogen (secondary N) is 2. The Hall–Kier alpha value is -4.88. The van der Waals surface area contributed by atoms with Crippen LogP contribution in [0.25, 0.3) is 5.65 Å². The van der Waals surface area contributed by atoms with Crippen LogP contribution >= 0.6 is 0 Å². The van der Waals surface area contributed by atoms with Gasteiger partial charge in [0.25, 0.3) is 11.8 Å². The molecule has 1 aliphatic rings. The van der Waals surface area contributed by atoms with E-state index < -0.39 is 47.2 Å². The van der Waals surface area contributed by atoms with E-state index >= 15 is 0 Å². The average molecular weight is 556 g/mol. The fraction of sp³-hybridized carbons (Fsp3) is 0.231. The Bertz CT molecular complexity index is 1680. The highest BCUT2D eigenvalue weighted by atomic mass is 19.4. The molecule has 1 aliphatic carbocycles. The van der Waals surface area contributed by atoms with Crippen molar-refractivity contribution in [1.29, 1.82) is 0 Å². The van der Waals surface area contributed by atoms with Crippen molar-refractivity contribution >= 4 is 23.4 Å². The fourth-order valence-corrected chi connectivity index (χ4v) is 4.72. The second-order valence-electron chi connectivity index (χ2n) is 9.16. The van der Waals surface area contributed by atoms with Crippen LogP contribution in [0.15, 0.2) is 42.7 Å². The van der Waals surface area contributed by atoms with E-state index in [2.05, 4.69) is 25.7 Å². The number of nitrogens with zero attached hydrogens (tertiary/aromatic N) is 4. The number of carboxylic acids is 1. The Kier molecular flexibility index (Phi) is 6.69. The predicted octanol–water partition coefficient (Wildman–Crippen LogP) is 3.64. The first-order valence-corrected chi connectivity index (χ1v) is 11.9. The lowest BCUT2D eigenvalue weighted by Crippen LogP contribution is -2.30. The third kappa shape index (κ3) is 4.95. The van der Waals surface area contributed by atoms with Crippen LogP contribution in [0, 0.1) is 12.7 Å². The molecule has 0 spiro atoms. The first-order valence-electron chi connectivity index (χ1n) is 11.9. The van der Waals surface area contributed by atoms with Crippen LogP contribution in [0.2, 0.25) is 0 Å². The van der Waals surface area contributed by atoms with Gasteiger partial charge in [0.1, 0.15) is 17.1 Å². The van der Waals surface area contributed by atoms with Crippen LogP contribution in [0.1, 0.15) is 71.7 Å². The molecule has 206 valence electrons. The quantitative estimate of drug-likeness (QED) is 0.308. The van der Waals surface area contributed by atoms with Gasteiger partial charge in [-0.3, -0.25) is 14.6 Å². The number of rotatable bonds is 6. The minimum absolute atomic E-state index is 0.117. The number of carbonyl (C=O) groups is 3. The Morgan fingerprint density at radius 1 is 1.15 bits per heavy atom. The molecule has 0 saturated carbocycles. The Labute approximate surface area is 223 Å². The van der Waals surface area contributed by atoms with Gasteiger partial charge < -0.3 is 15.7 Å². The number of benzene rings is 1. The van der Waals surface area contributed by atoms with Crippen molar-refractivity contribution in [1.82, 2.24) is 30.2 Å². The Balaban J connectivity index is 1.39. The maximum Gasteiger partial charge on any atom is 0.433 e. The number of carboxylic acid groups (broad SMARTS) is 1. The predicted molar refractivity (Wildman–Crippen MR) is 130 cm³/mol. The number of pyridine rings is 1. The van der Waals surface area contributed by atoms with Gasteiger partial charge in [-0.2, -0.15) is 18.3 Å². The highest BCUT2D eigenvalue weighted by Gasteiger charge is 2.32. The van der Waals surface area contributed by atoms with E-state index in [9.17, 15) is 37.1 Å². The summed E-state index contributed by atoms with van der Waals surface area (Å²) in [6.45, 7) is 1.39. The SMILES string of the molecule is Cc1c(C(=O)O)ccc2c1CC[C@@H]2NC(=O)c1cc(C(=O)NCc2ccnc(C(F)(F)F)c2)nc2c(F)cnn12. The minimum atomic E-state index is -4.66. The lowest BCUT2D eigenvalue weighted by Gasteiger charge is -2.16. The smallest absolute Gasteiger partial charge is 0.433 e. The van der Waals surface area contributed by atoms with Crippen molar-refractivity contribution in [2.24, 2.45) is 0 Å². The summed E-state index contributed by atoms with van der Waals surface area (Å²) in [4.78, 5) is 44.8. The molecule has 0 aliphatic heterocycles. The zero-order valence-corrected chi connectivity index (χ0v) is 20.7. The third-order valence-corrected chi connectivity index (χ3v) is 6.69. The number of alkyl halides is 3. The van der Waals surface area contributed by atoms with Gasteiger partial charge in [0.2, 0.25) is 0 Å². The van der Waals surface area contributed by atoms with Crippen LogP contribution in [-0.2, 0) is 19.1 Å². The molecule has 0 saturated heterocycles. The van der Waals surface area contributed by atoms with E-state index in [-0.39, 0.29) is 29.1 Å². The van der Waals surface area contributed by atoms with Gasteiger partial charge in [-0.25, -0.2) is 18.7 Å².